The lowest BCUT2D eigenvalue weighted by atomic mass is 9.89. The molecule has 0 unspecified atom stereocenters. The Morgan fingerprint density at radius 2 is 2.00 bits per heavy atom. The number of hydrogen-bond acceptors (Lipinski definition) is 4. The van der Waals surface area contributed by atoms with Crippen LogP contribution in [0.15, 0.2) is 22.8 Å². The van der Waals surface area contributed by atoms with E-state index in [1.54, 1.807) is 11.2 Å². The topological polar surface area (TPSA) is 54.5 Å². The van der Waals surface area contributed by atoms with Gasteiger partial charge >= 0.3 is 0 Å². The van der Waals surface area contributed by atoms with Gasteiger partial charge in [0, 0.05) is 31.4 Å². The molecule has 0 saturated carbocycles. The molecule has 6 nitrogen and oxygen atoms in total. The van der Waals surface area contributed by atoms with Gasteiger partial charge in [0.05, 0.1) is 12.8 Å². The van der Waals surface area contributed by atoms with Crippen LogP contribution in [-0.2, 0) is 26.4 Å². The summed E-state index contributed by atoms with van der Waals surface area (Å²) < 4.78 is 7.32. The summed E-state index contributed by atoms with van der Waals surface area (Å²) in [7, 11) is 3.79. The van der Waals surface area contributed by atoms with Gasteiger partial charge in [0.1, 0.15) is 5.76 Å². The maximum atomic E-state index is 13.1. The lowest BCUT2D eigenvalue weighted by Gasteiger charge is -2.35. The van der Waals surface area contributed by atoms with Gasteiger partial charge in [0.15, 0.2) is 5.69 Å². The molecule has 6 heteroatoms. The third kappa shape index (κ3) is 4.02. The van der Waals surface area contributed by atoms with E-state index in [0.717, 1.165) is 24.2 Å². The zero-order valence-electron chi connectivity index (χ0n) is 17.2. The third-order valence-corrected chi connectivity index (χ3v) is 6.36. The zero-order chi connectivity index (χ0) is 19.5. The summed E-state index contributed by atoms with van der Waals surface area (Å²) in [5, 5.41) is 4.63. The molecule has 0 aromatic carbocycles. The van der Waals surface area contributed by atoms with Gasteiger partial charge in [-0.25, -0.2) is 0 Å². The fourth-order valence-corrected chi connectivity index (χ4v) is 4.78. The fraction of sp³-hybridized carbons (Fsp3) is 0.636. The van der Waals surface area contributed by atoms with Gasteiger partial charge in [-0.3, -0.25) is 9.48 Å². The molecule has 28 heavy (non-hydrogen) atoms. The molecule has 152 valence electrons. The molecule has 0 radical (unpaired) electrons. The highest BCUT2D eigenvalue weighted by Gasteiger charge is 2.32. The minimum atomic E-state index is -0.0124. The Morgan fingerprint density at radius 1 is 1.25 bits per heavy atom. The van der Waals surface area contributed by atoms with Crippen LogP contribution in [0, 0.1) is 0 Å². The molecular weight excluding hydrogens is 352 g/mol. The van der Waals surface area contributed by atoms with E-state index in [9.17, 15) is 4.79 Å². The number of carbonyl (C=O) groups excluding carboxylic acids is 1. The second-order valence-corrected chi connectivity index (χ2v) is 8.34. The highest BCUT2D eigenvalue weighted by molar-refractivity contribution is 5.94. The van der Waals surface area contributed by atoms with Crippen molar-refractivity contribution in [3.05, 3.63) is 41.1 Å². The Labute approximate surface area is 167 Å². The molecule has 2 aromatic heterocycles. The Morgan fingerprint density at radius 3 is 2.71 bits per heavy atom. The van der Waals surface area contributed by atoms with Gasteiger partial charge in [-0.15, -0.1) is 0 Å². The van der Waals surface area contributed by atoms with E-state index in [2.05, 4.69) is 10.00 Å². The molecule has 0 spiro atoms. The molecule has 2 aliphatic rings. The first-order valence-electron chi connectivity index (χ1n) is 10.7. The van der Waals surface area contributed by atoms with Crippen LogP contribution in [0.2, 0.25) is 0 Å². The highest BCUT2D eigenvalue weighted by Crippen LogP contribution is 2.29. The molecule has 1 amide bonds. The first-order chi connectivity index (χ1) is 13.6. The van der Waals surface area contributed by atoms with Gasteiger partial charge in [-0.05, 0) is 57.3 Å². The van der Waals surface area contributed by atoms with Crippen LogP contribution in [-0.4, -0.2) is 51.7 Å². The number of hydrogen-bond donors (Lipinski definition) is 0. The van der Waals surface area contributed by atoms with E-state index >= 15 is 0 Å². The third-order valence-electron chi connectivity index (χ3n) is 6.36. The normalized spacial score (nSPS) is 21.0. The van der Waals surface area contributed by atoms with E-state index in [1.807, 2.05) is 30.9 Å². The van der Waals surface area contributed by atoms with Crippen molar-refractivity contribution in [2.45, 2.75) is 64.0 Å². The minimum Gasteiger partial charge on any atom is -0.467 e. The summed E-state index contributed by atoms with van der Waals surface area (Å²) in [6, 6.07) is 4.29. The first kappa shape index (κ1) is 19.2. The van der Waals surface area contributed by atoms with Crippen molar-refractivity contribution in [3.63, 3.8) is 0 Å². The summed E-state index contributed by atoms with van der Waals surface area (Å²) >= 11 is 0. The summed E-state index contributed by atoms with van der Waals surface area (Å²) in [5.74, 6) is 0.778. The van der Waals surface area contributed by atoms with Crippen molar-refractivity contribution in [1.29, 1.82) is 0 Å². The van der Waals surface area contributed by atoms with Gasteiger partial charge in [0.25, 0.3) is 5.91 Å². The average molecular weight is 385 g/mol. The predicted octanol–water partition coefficient (Wildman–Crippen LogP) is 3.41. The quantitative estimate of drug-likeness (QED) is 0.811. The van der Waals surface area contributed by atoms with Crippen molar-refractivity contribution in [1.82, 2.24) is 19.6 Å². The Balaban J connectivity index is 1.51. The van der Waals surface area contributed by atoms with Crippen LogP contribution < -0.4 is 0 Å². The van der Waals surface area contributed by atoms with Gasteiger partial charge in [-0.1, -0.05) is 19.3 Å². The number of carbonyl (C=O) groups is 1. The number of amides is 1. The van der Waals surface area contributed by atoms with Gasteiger partial charge < -0.3 is 14.2 Å². The molecule has 1 aliphatic carbocycles. The van der Waals surface area contributed by atoms with Crippen molar-refractivity contribution < 1.29 is 9.21 Å². The molecular formula is C22H32N4O2. The summed E-state index contributed by atoms with van der Waals surface area (Å²) in [6.07, 6.45) is 11.4. The Hall–Kier alpha value is -2.08. The van der Waals surface area contributed by atoms with Crippen LogP contribution >= 0.6 is 0 Å². The van der Waals surface area contributed by atoms with Crippen LogP contribution in [0.1, 0.15) is 66.0 Å². The second kappa shape index (κ2) is 8.52. The number of aryl methyl sites for hydroxylation is 1. The summed E-state index contributed by atoms with van der Waals surface area (Å²) in [6.45, 7) is 2.86. The lowest BCUT2D eigenvalue weighted by Crippen LogP contribution is -2.41. The molecule has 1 saturated heterocycles. The van der Waals surface area contributed by atoms with Crippen LogP contribution in [0.3, 0.4) is 0 Å². The number of aromatic nitrogens is 2. The summed E-state index contributed by atoms with van der Waals surface area (Å²) in [4.78, 5) is 17.5. The van der Waals surface area contributed by atoms with Crippen molar-refractivity contribution in [2.24, 2.45) is 7.05 Å². The van der Waals surface area contributed by atoms with E-state index in [0.29, 0.717) is 18.3 Å². The molecule has 1 aliphatic heterocycles. The monoisotopic (exact) mass is 384 g/mol. The molecule has 0 N–H and O–H groups in total. The molecule has 0 bridgehead atoms. The number of furan rings is 1. The molecule has 3 heterocycles. The fourth-order valence-electron chi connectivity index (χ4n) is 4.78. The number of rotatable bonds is 4. The van der Waals surface area contributed by atoms with E-state index < -0.39 is 0 Å². The van der Waals surface area contributed by atoms with Crippen LogP contribution in [0.25, 0.3) is 0 Å². The molecule has 1 fully saturated rings. The molecule has 2 aromatic rings. The number of likely N-dealkylation sites (tertiary alicyclic amines) is 1. The highest BCUT2D eigenvalue weighted by atomic mass is 16.3. The van der Waals surface area contributed by atoms with Crippen LogP contribution in [0.5, 0.6) is 0 Å². The lowest BCUT2D eigenvalue weighted by molar-refractivity contribution is 0.0766. The average Bonchev–Trinajstić information content (AvgIpc) is 3.28. The van der Waals surface area contributed by atoms with E-state index in [1.165, 1.54) is 57.3 Å². The smallest absolute Gasteiger partial charge is 0.274 e. The largest absolute Gasteiger partial charge is 0.467 e. The van der Waals surface area contributed by atoms with E-state index in [4.69, 9.17) is 4.42 Å². The van der Waals surface area contributed by atoms with Crippen molar-refractivity contribution >= 4 is 5.91 Å². The minimum absolute atomic E-state index is 0.0124. The zero-order valence-corrected chi connectivity index (χ0v) is 17.2. The SMILES string of the molecule is CN(Cc1ccco1)C(=O)c1nn(C)c2c1C[C@H](N1CCCCCCC1)CC2. The molecule has 1 atom stereocenters. The summed E-state index contributed by atoms with van der Waals surface area (Å²) in [5.41, 5.74) is 3.03. The Bertz CT molecular complexity index is 788. The maximum Gasteiger partial charge on any atom is 0.274 e. The van der Waals surface area contributed by atoms with Crippen LogP contribution in [0.4, 0.5) is 0 Å². The number of nitrogens with zero attached hydrogens (tertiary/aromatic N) is 4. The predicted molar refractivity (Wildman–Crippen MR) is 108 cm³/mol. The number of fused-ring (bicyclic) bond motifs is 1. The standard InChI is InChI=1S/C22H32N4O2/c1-24(16-18-9-8-14-28-18)22(27)21-19-15-17(10-11-20(19)25(2)23-21)26-12-6-4-3-5-7-13-26/h8-9,14,17H,3-7,10-13,15-16H2,1-2H3/t17-/m1/s1. The van der Waals surface area contributed by atoms with Crippen molar-refractivity contribution in [2.75, 3.05) is 20.1 Å². The van der Waals surface area contributed by atoms with Crippen molar-refractivity contribution in [3.8, 4) is 0 Å². The second-order valence-electron chi connectivity index (χ2n) is 8.34. The van der Waals surface area contributed by atoms with Gasteiger partial charge in [-0.2, -0.15) is 5.10 Å². The van der Waals surface area contributed by atoms with E-state index in [-0.39, 0.29) is 5.91 Å². The first-order valence-corrected chi connectivity index (χ1v) is 10.7. The maximum absolute atomic E-state index is 13.1. The van der Waals surface area contributed by atoms with Gasteiger partial charge in [0.2, 0.25) is 0 Å². The Kier molecular flexibility index (Phi) is 5.85. The molecule has 4 rings (SSSR count).